The number of aromatic nitrogens is 4. The molecule has 34 heavy (non-hydrogen) atoms. The van der Waals surface area contributed by atoms with Gasteiger partial charge in [-0.3, -0.25) is 14.2 Å². The van der Waals surface area contributed by atoms with Gasteiger partial charge >= 0.3 is 0 Å². The quantitative estimate of drug-likeness (QED) is 0.371. The summed E-state index contributed by atoms with van der Waals surface area (Å²) in [7, 11) is 0. The number of benzene rings is 2. The van der Waals surface area contributed by atoms with Gasteiger partial charge in [0, 0.05) is 16.3 Å². The van der Waals surface area contributed by atoms with Gasteiger partial charge in [0.05, 0.1) is 16.6 Å². The van der Waals surface area contributed by atoms with Crippen molar-refractivity contribution < 1.29 is 13.7 Å². The molecule has 170 valence electrons. The van der Waals surface area contributed by atoms with Gasteiger partial charge in [-0.25, -0.2) is 9.37 Å². The van der Waals surface area contributed by atoms with E-state index in [1.807, 2.05) is 6.07 Å². The lowest BCUT2D eigenvalue weighted by molar-refractivity contribution is -0.116. The lowest BCUT2D eigenvalue weighted by atomic mass is 10.2. The standard InChI is InChI=1S/C23H15ClFN5O3S/c1-12-18-22(34-19(12)21-28-20(29-33-21)13-3-2-4-14(24)9-13)26-11-30(23(18)32)10-17(31)27-16-7-5-15(25)6-8-16/h2-9,11H,10H2,1H3,(H,27,31). The Balaban J connectivity index is 1.44. The molecular formula is C23H15ClFN5O3S. The van der Waals surface area contributed by atoms with Gasteiger partial charge < -0.3 is 9.84 Å². The first-order valence-electron chi connectivity index (χ1n) is 10.0. The van der Waals surface area contributed by atoms with E-state index in [1.54, 1.807) is 25.1 Å². The molecule has 0 aliphatic rings. The van der Waals surface area contributed by atoms with E-state index >= 15 is 0 Å². The maximum atomic E-state index is 13.1. The highest BCUT2D eigenvalue weighted by molar-refractivity contribution is 7.22. The number of aryl methyl sites for hydroxylation is 1. The average Bonchev–Trinajstić information content (AvgIpc) is 3.42. The fourth-order valence-corrected chi connectivity index (χ4v) is 4.68. The van der Waals surface area contributed by atoms with Crippen LogP contribution in [0.15, 0.2) is 64.2 Å². The third kappa shape index (κ3) is 4.20. The minimum absolute atomic E-state index is 0.247. The molecule has 0 saturated heterocycles. The highest BCUT2D eigenvalue weighted by Gasteiger charge is 2.21. The number of anilines is 1. The van der Waals surface area contributed by atoms with Crippen molar-refractivity contribution in [3.05, 3.63) is 81.6 Å². The number of amides is 1. The first-order valence-corrected chi connectivity index (χ1v) is 11.2. The zero-order valence-corrected chi connectivity index (χ0v) is 19.2. The molecule has 3 aromatic heterocycles. The number of carbonyl (C=O) groups is 1. The number of halogens is 2. The van der Waals surface area contributed by atoms with E-state index in [4.69, 9.17) is 16.1 Å². The van der Waals surface area contributed by atoms with E-state index in [1.165, 1.54) is 46.5 Å². The lowest BCUT2D eigenvalue weighted by Crippen LogP contribution is -2.27. The van der Waals surface area contributed by atoms with E-state index in [-0.39, 0.29) is 18.0 Å². The Morgan fingerprint density at radius 2 is 2.03 bits per heavy atom. The second-order valence-corrected chi connectivity index (χ2v) is 8.84. The highest BCUT2D eigenvalue weighted by Crippen LogP contribution is 2.35. The van der Waals surface area contributed by atoms with Gasteiger partial charge in [0.25, 0.3) is 11.4 Å². The predicted molar refractivity (Wildman–Crippen MR) is 127 cm³/mol. The van der Waals surface area contributed by atoms with E-state index in [0.29, 0.717) is 42.8 Å². The van der Waals surface area contributed by atoms with Crippen molar-refractivity contribution in [1.82, 2.24) is 19.7 Å². The second kappa shape index (κ2) is 8.81. The highest BCUT2D eigenvalue weighted by atomic mass is 35.5. The summed E-state index contributed by atoms with van der Waals surface area (Å²) in [6, 6.07) is 12.4. The van der Waals surface area contributed by atoms with Gasteiger partial charge in [0.15, 0.2) is 0 Å². The molecule has 0 unspecified atom stereocenters. The monoisotopic (exact) mass is 495 g/mol. The molecule has 1 N–H and O–H groups in total. The molecule has 5 aromatic rings. The minimum Gasteiger partial charge on any atom is -0.333 e. The van der Waals surface area contributed by atoms with Gasteiger partial charge in [-0.05, 0) is 48.9 Å². The van der Waals surface area contributed by atoms with E-state index in [2.05, 4.69) is 20.4 Å². The Kier molecular flexibility index (Phi) is 5.68. The first kappa shape index (κ1) is 21.9. The number of carbonyl (C=O) groups excluding carboxylic acids is 1. The summed E-state index contributed by atoms with van der Waals surface area (Å²) in [5.74, 6) is -0.216. The van der Waals surface area contributed by atoms with E-state index < -0.39 is 11.7 Å². The first-order chi connectivity index (χ1) is 16.4. The summed E-state index contributed by atoms with van der Waals surface area (Å²) in [6.07, 6.45) is 1.32. The van der Waals surface area contributed by atoms with Crippen molar-refractivity contribution in [2.75, 3.05) is 5.32 Å². The van der Waals surface area contributed by atoms with Crippen molar-refractivity contribution in [2.24, 2.45) is 0 Å². The molecule has 2 aromatic carbocycles. The van der Waals surface area contributed by atoms with Gasteiger partial charge in [-0.2, -0.15) is 4.98 Å². The second-order valence-electron chi connectivity index (χ2n) is 7.40. The van der Waals surface area contributed by atoms with Crippen LogP contribution >= 0.6 is 22.9 Å². The number of rotatable bonds is 5. The normalized spacial score (nSPS) is 11.1. The van der Waals surface area contributed by atoms with Crippen molar-refractivity contribution in [3.63, 3.8) is 0 Å². The summed E-state index contributed by atoms with van der Waals surface area (Å²) in [6.45, 7) is 1.52. The molecular weight excluding hydrogens is 481 g/mol. The summed E-state index contributed by atoms with van der Waals surface area (Å²) < 4.78 is 19.7. The number of nitrogens with zero attached hydrogens (tertiary/aromatic N) is 4. The molecule has 0 saturated carbocycles. The maximum absolute atomic E-state index is 13.1. The minimum atomic E-state index is -0.439. The number of fused-ring (bicyclic) bond motifs is 1. The molecule has 0 spiro atoms. The summed E-state index contributed by atoms with van der Waals surface area (Å²) in [4.78, 5) is 35.4. The largest absolute Gasteiger partial charge is 0.333 e. The molecule has 0 fully saturated rings. The van der Waals surface area contributed by atoms with E-state index in [9.17, 15) is 14.0 Å². The number of hydrogen-bond acceptors (Lipinski definition) is 7. The molecule has 0 bridgehead atoms. The van der Waals surface area contributed by atoms with Crippen LogP contribution in [0, 0.1) is 12.7 Å². The summed E-state index contributed by atoms with van der Waals surface area (Å²) >= 11 is 7.30. The molecule has 0 atom stereocenters. The Labute approximate surface area is 200 Å². The van der Waals surface area contributed by atoms with Crippen LogP contribution in [0.5, 0.6) is 0 Å². The number of hydrogen-bond donors (Lipinski definition) is 1. The molecule has 0 radical (unpaired) electrons. The number of nitrogens with one attached hydrogen (secondary N) is 1. The van der Waals surface area contributed by atoms with E-state index in [0.717, 1.165) is 0 Å². The van der Waals surface area contributed by atoms with Crippen LogP contribution in [0.3, 0.4) is 0 Å². The van der Waals surface area contributed by atoms with Crippen molar-refractivity contribution in [2.45, 2.75) is 13.5 Å². The SMILES string of the molecule is Cc1c(-c2nc(-c3cccc(Cl)c3)no2)sc2ncn(CC(=O)Nc3ccc(F)cc3)c(=O)c12. The van der Waals surface area contributed by atoms with Crippen LogP contribution in [-0.2, 0) is 11.3 Å². The molecule has 5 rings (SSSR count). The van der Waals surface area contributed by atoms with Crippen LogP contribution in [0.1, 0.15) is 5.56 Å². The van der Waals surface area contributed by atoms with Crippen LogP contribution in [-0.4, -0.2) is 25.6 Å². The van der Waals surface area contributed by atoms with Gasteiger partial charge in [-0.15, -0.1) is 11.3 Å². The molecule has 3 heterocycles. The third-order valence-corrected chi connectivity index (χ3v) is 6.49. The molecule has 11 heteroatoms. The molecule has 0 aliphatic carbocycles. The summed E-state index contributed by atoms with van der Waals surface area (Å²) in [5.41, 5.74) is 1.39. The van der Waals surface area contributed by atoms with Crippen LogP contribution in [0.4, 0.5) is 10.1 Å². The Hall–Kier alpha value is -3.89. The third-order valence-electron chi connectivity index (χ3n) is 5.06. The average molecular weight is 496 g/mol. The smallest absolute Gasteiger partial charge is 0.268 e. The van der Waals surface area contributed by atoms with Gasteiger partial charge in [-0.1, -0.05) is 28.9 Å². The Morgan fingerprint density at radius 3 is 2.79 bits per heavy atom. The maximum Gasteiger partial charge on any atom is 0.268 e. The zero-order valence-electron chi connectivity index (χ0n) is 17.6. The topological polar surface area (TPSA) is 103 Å². The van der Waals surface area contributed by atoms with Crippen molar-refractivity contribution >= 4 is 44.7 Å². The van der Waals surface area contributed by atoms with Gasteiger partial charge in [0.1, 0.15) is 17.2 Å². The molecule has 1 amide bonds. The lowest BCUT2D eigenvalue weighted by Gasteiger charge is -2.07. The Bertz CT molecular complexity index is 1590. The zero-order chi connectivity index (χ0) is 23.8. The number of thiophene rings is 1. The van der Waals surface area contributed by atoms with Crippen molar-refractivity contribution in [3.8, 4) is 22.2 Å². The fraction of sp³-hybridized carbons (Fsp3) is 0.0870. The molecule has 8 nitrogen and oxygen atoms in total. The van der Waals surface area contributed by atoms with Crippen molar-refractivity contribution in [1.29, 1.82) is 0 Å². The summed E-state index contributed by atoms with van der Waals surface area (Å²) in [5, 5.41) is 7.57. The Morgan fingerprint density at radius 1 is 1.24 bits per heavy atom. The predicted octanol–water partition coefficient (Wildman–Crippen LogP) is 4.91. The molecule has 0 aliphatic heterocycles. The van der Waals surface area contributed by atoms with Crippen LogP contribution in [0.25, 0.3) is 32.4 Å². The van der Waals surface area contributed by atoms with Crippen LogP contribution < -0.4 is 10.9 Å². The van der Waals surface area contributed by atoms with Gasteiger partial charge in [0.2, 0.25) is 11.7 Å². The fourth-order valence-electron chi connectivity index (χ4n) is 3.42. The van der Waals surface area contributed by atoms with Crippen LogP contribution in [0.2, 0.25) is 5.02 Å².